The Bertz CT molecular complexity index is 870. The van der Waals surface area contributed by atoms with Crippen molar-refractivity contribution in [3.63, 3.8) is 0 Å². The lowest BCUT2D eigenvalue weighted by molar-refractivity contribution is -0.118. The summed E-state index contributed by atoms with van der Waals surface area (Å²) in [6, 6.07) is 13.3. The molecule has 0 saturated carbocycles. The van der Waals surface area contributed by atoms with Crippen LogP contribution in [0, 0.1) is 13.8 Å². The van der Waals surface area contributed by atoms with E-state index >= 15 is 0 Å². The number of aryl methyl sites for hydroxylation is 2. The molecular weight excluding hydrogens is 497 g/mol. The van der Waals surface area contributed by atoms with E-state index in [0.29, 0.717) is 15.7 Å². The Hall–Kier alpha value is -1.82. The van der Waals surface area contributed by atoms with Crippen molar-refractivity contribution < 1.29 is 4.79 Å². The largest absolute Gasteiger partial charge is 0.325 e. The Morgan fingerprint density at radius 3 is 1.94 bits per heavy atom. The molecule has 1 heterocycles. The van der Waals surface area contributed by atoms with Crippen LogP contribution in [-0.4, -0.2) is 22.5 Å². The van der Waals surface area contributed by atoms with Crippen molar-refractivity contribution in [3.8, 4) is 0 Å². The Balaban J connectivity index is 0.000000625. The number of halogens is 3. The van der Waals surface area contributed by atoms with E-state index in [4.69, 9.17) is 23.2 Å². The highest BCUT2D eigenvalue weighted by atomic mass is 79.9. The summed E-state index contributed by atoms with van der Waals surface area (Å²) >= 11 is 15.2. The van der Waals surface area contributed by atoms with Crippen molar-refractivity contribution in [1.29, 1.82) is 0 Å². The zero-order valence-corrected chi connectivity index (χ0v) is 22.4. The number of nitrogens with zero attached hydrogens (tertiary/aromatic N) is 3. The second kappa shape index (κ2) is 15.9. The fraction of sp³-hybridized carbons (Fsp3) is 0.333. The van der Waals surface area contributed by atoms with Crippen LogP contribution in [0.25, 0.3) is 0 Å². The van der Waals surface area contributed by atoms with E-state index in [2.05, 4.69) is 40.0 Å². The normalized spacial score (nSPS) is 9.23. The molecule has 0 spiro atoms. The molecule has 4 nitrogen and oxygen atoms in total. The smallest absolute Gasteiger partial charge is 0.246 e. The van der Waals surface area contributed by atoms with Gasteiger partial charge in [-0.1, -0.05) is 84.5 Å². The topological polar surface area (TPSA) is 38.1 Å². The molecule has 0 unspecified atom stereocenters. The van der Waals surface area contributed by atoms with E-state index in [1.165, 1.54) is 10.5 Å². The molecule has 0 fully saturated rings. The van der Waals surface area contributed by atoms with Gasteiger partial charge in [0.2, 0.25) is 5.91 Å². The molecule has 1 aromatic heterocycles. The maximum absolute atomic E-state index is 12.2. The van der Waals surface area contributed by atoms with E-state index < -0.39 is 0 Å². The quantitative estimate of drug-likeness (QED) is 0.345. The first-order valence-corrected chi connectivity index (χ1v) is 11.7. The molecule has 2 aromatic carbocycles. The zero-order chi connectivity index (χ0) is 24.0. The first-order valence-electron chi connectivity index (χ1n) is 10.2. The average Bonchev–Trinajstić information content (AvgIpc) is 3.16. The molecule has 1 amide bonds. The summed E-state index contributed by atoms with van der Waals surface area (Å²) in [5, 5.41) is 1.00. The number of anilines is 1. The van der Waals surface area contributed by atoms with Crippen molar-refractivity contribution in [2.75, 3.05) is 11.9 Å². The number of aromatic nitrogens is 2. The summed E-state index contributed by atoms with van der Waals surface area (Å²) in [4.78, 5) is 17.7. The molecule has 3 rings (SSSR count). The SMILES string of the molecule is CC.CC.Cc1ccc(Br)cc1.Cc1cncn1CC(=O)N(C)c1cc(Cl)cc(Cl)c1. The van der Waals surface area contributed by atoms with Gasteiger partial charge in [-0.2, -0.15) is 0 Å². The predicted octanol–water partition coefficient (Wildman–Crippen LogP) is 7.97. The molecule has 0 atom stereocenters. The molecule has 0 N–H and O–H groups in total. The summed E-state index contributed by atoms with van der Waals surface area (Å²) in [6.07, 6.45) is 3.34. The number of amides is 1. The Morgan fingerprint density at radius 2 is 1.52 bits per heavy atom. The number of imidazole rings is 1. The van der Waals surface area contributed by atoms with Crippen molar-refractivity contribution in [1.82, 2.24) is 9.55 Å². The van der Waals surface area contributed by atoms with E-state index in [1.807, 2.05) is 46.8 Å². The van der Waals surface area contributed by atoms with E-state index in [9.17, 15) is 4.79 Å². The maximum atomic E-state index is 12.2. The highest BCUT2D eigenvalue weighted by Crippen LogP contribution is 2.25. The van der Waals surface area contributed by atoms with Gasteiger partial charge in [-0.3, -0.25) is 4.79 Å². The van der Waals surface area contributed by atoms with Gasteiger partial charge in [0.05, 0.1) is 6.33 Å². The van der Waals surface area contributed by atoms with Crippen LogP contribution in [-0.2, 0) is 11.3 Å². The fourth-order valence-electron chi connectivity index (χ4n) is 2.21. The fourth-order valence-corrected chi connectivity index (χ4v) is 2.99. The van der Waals surface area contributed by atoms with Crippen LogP contribution in [0.5, 0.6) is 0 Å². The van der Waals surface area contributed by atoms with Crippen LogP contribution in [0.1, 0.15) is 39.0 Å². The predicted molar refractivity (Wildman–Crippen MR) is 138 cm³/mol. The average molecular weight is 529 g/mol. The molecule has 0 aliphatic rings. The lowest BCUT2D eigenvalue weighted by atomic mass is 10.2. The minimum Gasteiger partial charge on any atom is -0.325 e. The molecule has 3 aromatic rings. The molecule has 0 saturated heterocycles. The monoisotopic (exact) mass is 527 g/mol. The third-order valence-corrected chi connectivity index (χ3v) is 4.81. The van der Waals surface area contributed by atoms with Crippen LogP contribution < -0.4 is 4.90 Å². The highest BCUT2D eigenvalue weighted by molar-refractivity contribution is 9.10. The molecule has 0 aliphatic carbocycles. The van der Waals surface area contributed by atoms with Gasteiger partial charge in [0, 0.05) is 39.1 Å². The third kappa shape index (κ3) is 10.9. The number of carbonyl (C=O) groups excluding carboxylic acids is 1. The van der Waals surface area contributed by atoms with Gasteiger partial charge in [0.1, 0.15) is 6.54 Å². The Labute approximate surface area is 205 Å². The van der Waals surface area contributed by atoms with Gasteiger partial charge < -0.3 is 9.47 Å². The second-order valence-electron chi connectivity index (χ2n) is 6.04. The van der Waals surface area contributed by atoms with Crippen LogP contribution in [0.4, 0.5) is 5.69 Å². The minimum absolute atomic E-state index is 0.0700. The third-order valence-electron chi connectivity index (χ3n) is 3.85. The number of rotatable bonds is 3. The number of hydrogen-bond acceptors (Lipinski definition) is 2. The van der Waals surface area contributed by atoms with Crippen molar-refractivity contribution >= 4 is 50.7 Å². The van der Waals surface area contributed by atoms with E-state index in [-0.39, 0.29) is 12.5 Å². The van der Waals surface area contributed by atoms with Gasteiger partial charge >= 0.3 is 0 Å². The molecule has 0 bridgehead atoms. The lowest BCUT2D eigenvalue weighted by Gasteiger charge is -2.18. The Morgan fingerprint density at radius 1 is 1.00 bits per heavy atom. The number of benzene rings is 2. The molecule has 7 heteroatoms. The van der Waals surface area contributed by atoms with Crippen molar-refractivity contribution in [2.24, 2.45) is 0 Å². The van der Waals surface area contributed by atoms with Crippen LogP contribution in [0.3, 0.4) is 0 Å². The van der Waals surface area contributed by atoms with E-state index in [0.717, 1.165) is 10.2 Å². The van der Waals surface area contributed by atoms with Crippen molar-refractivity contribution in [3.05, 3.63) is 80.8 Å². The molecule has 0 aliphatic heterocycles. The van der Waals surface area contributed by atoms with Gasteiger partial charge in [-0.05, 0) is 44.2 Å². The van der Waals surface area contributed by atoms with Crippen LogP contribution in [0.15, 0.2) is 59.5 Å². The van der Waals surface area contributed by atoms with Gasteiger partial charge in [-0.15, -0.1) is 0 Å². The summed E-state index contributed by atoms with van der Waals surface area (Å²) in [5.74, 6) is -0.0700. The summed E-state index contributed by atoms with van der Waals surface area (Å²) in [7, 11) is 1.69. The van der Waals surface area contributed by atoms with Crippen molar-refractivity contribution in [2.45, 2.75) is 48.1 Å². The maximum Gasteiger partial charge on any atom is 0.246 e. The Kier molecular flexibility index (Phi) is 15.0. The van der Waals surface area contributed by atoms with Gasteiger partial charge in [0.25, 0.3) is 0 Å². The first-order chi connectivity index (χ1) is 14.8. The molecule has 0 radical (unpaired) electrons. The summed E-state index contributed by atoms with van der Waals surface area (Å²) in [6.45, 7) is 12.2. The van der Waals surface area contributed by atoms with Crippen LogP contribution in [0.2, 0.25) is 10.0 Å². The first kappa shape index (κ1) is 29.2. The summed E-state index contributed by atoms with van der Waals surface area (Å²) in [5.41, 5.74) is 2.90. The van der Waals surface area contributed by atoms with Gasteiger partial charge in [-0.25, -0.2) is 4.98 Å². The lowest BCUT2D eigenvalue weighted by Crippen LogP contribution is -2.30. The standard InChI is InChI=1S/C13H13Cl2N3O.C7H7Br.2C2H6/c1-9-6-16-8-18(9)7-13(19)17(2)12-4-10(14)3-11(15)5-12;1-6-2-4-7(8)5-3-6;2*1-2/h3-6,8H,7H2,1-2H3;2-5H,1H3;2*1-2H3. The zero-order valence-electron chi connectivity index (χ0n) is 19.3. The summed E-state index contributed by atoms with van der Waals surface area (Å²) < 4.78 is 2.92. The number of likely N-dealkylation sites (N-methyl/N-ethyl adjacent to an activating group) is 1. The van der Waals surface area contributed by atoms with Crippen LogP contribution >= 0.6 is 39.1 Å². The van der Waals surface area contributed by atoms with E-state index in [1.54, 1.807) is 42.3 Å². The number of carbonyl (C=O) groups is 1. The second-order valence-corrected chi connectivity index (χ2v) is 7.83. The minimum atomic E-state index is -0.0700. The van der Waals surface area contributed by atoms with Gasteiger partial charge in [0.15, 0.2) is 0 Å². The number of hydrogen-bond donors (Lipinski definition) is 0. The molecule has 31 heavy (non-hydrogen) atoms. The molecule has 170 valence electrons. The highest BCUT2D eigenvalue weighted by Gasteiger charge is 2.13. The molecular formula is C24H32BrCl2N3O.